The van der Waals surface area contributed by atoms with Crippen molar-refractivity contribution in [3.63, 3.8) is 0 Å². The lowest BCUT2D eigenvalue weighted by Gasteiger charge is -2.20. The van der Waals surface area contributed by atoms with Crippen molar-refractivity contribution in [1.82, 2.24) is 24.4 Å². The van der Waals surface area contributed by atoms with E-state index in [4.69, 9.17) is 4.98 Å². The van der Waals surface area contributed by atoms with E-state index in [1.54, 1.807) is 12.4 Å². The van der Waals surface area contributed by atoms with Crippen molar-refractivity contribution < 1.29 is 4.79 Å². The molecule has 0 spiro atoms. The fourth-order valence-corrected chi connectivity index (χ4v) is 3.91. The van der Waals surface area contributed by atoms with Gasteiger partial charge < -0.3 is 9.47 Å². The lowest BCUT2D eigenvalue weighted by molar-refractivity contribution is -0.131. The SMILES string of the molecule is O=C(CCCc1nc2cccnc2n1Cc1cccnc1)N1CCCCCC1. The number of pyridine rings is 2. The van der Waals surface area contributed by atoms with Crippen molar-refractivity contribution in [1.29, 1.82) is 0 Å². The number of fused-ring (bicyclic) bond motifs is 1. The van der Waals surface area contributed by atoms with Crippen LogP contribution in [0, 0.1) is 0 Å². The zero-order chi connectivity index (χ0) is 19.2. The summed E-state index contributed by atoms with van der Waals surface area (Å²) in [5.41, 5.74) is 2.91. The van der Waals surface area contributed by atoms with Crippen LogP contribution in [0.1, 0.15) is 49.9 Å². The Morgan fingerprint density at radius 3 is 2.64 bits per heavy atom. The predicted octanol–water partition coefficient (Wildman–Crippen LogP) is 3.60. The number of aryl methyl sites for hydroxylation is 1. The molecule has 0 aliphatic carbocycles. The monoisotopic (exact) mass is 377 g/mol. The van der Waals surface area contributed by atoms with E-state index in [0.717, 1.165) is 61.3 Å². The Bertz CT molecular complexity index is 913. The first-order valence-corrected chi connectivity index (χ1v) is 10.3. The summed E-state index contributed by atoms with van der Waals surface area (Å²) in [4.78, 5) is 28.1. The number of likely N-dealkylation sites (tertiary alicyclic amines) is 1. The van der Waals surface area contributed by atoms with Gasteiger partial charge in [-0.05, 0) is 43.0 Å². The standard InChI is InChI=1S/C22H27N5O/c28-21(26-14-3-1-2-4-15-26)11-5-10-20-25-19-9-7-13-24-22(19)27(20)17-18-8-6-12-23-16-18/h6-9,12-13,16H,1-5,10-11,14-15,17H2. The second-order valence-electron chi connectivity index (χ2n) is 7.47. The predicted molar refractivity (Wildman–Crippen MR) is 109 cm³/mol. The largest absolute Gasteiger partial charge is 0.343 e. The minimum atomic E-state index is 0.287. The average Bonchev–Trinajstić information content (AvgIpc) is 2.90. The van der Waals surface area contributed by atoms with E-state index in [-0.39, 0.29) is 5.91 Å². The Hall–Kier alpha value is -2.76. The van der Waals surface area contributed by atoms with Gasteiger partial charge in [0.1, 0.15) is 11.3 Å². The molecule has 4 heterocycles. The van der Waals surface area contributed by atoms with Crippen molar-refractivity contribution in [3.8, 4) is 0 Å². The number of hydrogen-bond acceptors (Lipinski definition) is 4. The maximum absolute atomic E-state index is 12.6. The highest BCUT2D eigenvalue weighted by molar-refractivity contribution is 5.76. The highest BCUT2D eigenvalue weighted by Gasteiger charge is 2.17. The summed E-state index contributed by atoms with van der Waals surface area (Å²) < 4.78 is 2.16. The van der Waals surface area contributed by atoms with Gasteiger partial charge >= 0.3 is 0 Å². The summed E-state index contributed by atoms with van der Waals surface area (Å²) in [6.45, 7) is 2.53. The van der Waals surface area contributed by atoms with Gasteiger partial charge in [-0.25, -0.2) is 9.97 Å². The molecule has 6 heteroatoms. The minimum Gasteiger partial charge on any atom is -0.343 e. The summed E-state index contributed by atoms with van der Waals surface area (Å²) in [6, 6.07) is 7.92. The molecule has 28 heavy (non-hydrogen) atoms. The number of nitrogens with zero attached hydrogens (tertiary/aromatic N) is 5. The Morgan fingerprint density at radius 1 is 1.04 bits per heavy atom. The van der Waals surface area contributed by atoms with Crippen LogP contribution in [0.5, 0.6) is 0 Å². The first-order chi connectivity index (χ1) is 13.8. The number of imidazole rings is 1. The van der Waals surface area contributed by atoms with E-state index in [1.165, 1.54) is 12.8 Å². The molecule has 0 bridgehead atoms. The summed E-state index contributed by atoms with van der Waals surface area (Å²) in [5.74, 6) is 1.27. The molecular formula is C22H27N5O. The summed E-state index contributed by atoms with van der Waals surface area (Å²) in [5, 5.41) is 0. The molecule has 1 aliphatic heterocycles. The van der Waals surface area contributed by atoms with Crippen LogP contribution in [0.2, 0.25) is 0 Å². The Balaban J connectivity index is 1.45. The number of amides is 1. The molecule has 0 unspecified atom stereocenters. The molecule has 0 N–H and O–H groups in total. The van der Waals surface area contributed by atoms with E-state index in [1.807, 2.05) is 29.3 Å². The highest BCUT2D eigenvalue weighted by Crippen LogP contribution is 2.18. The molecule has 1 aliphatic rings. The third-order valence-electron chi connectivity index (χ3n) is 5.40. The van der Waals surface area contributed by atoms with Gasteiger partial charge in [-0.3, -0.25) is 9.78 Å². The maximum atomic E-state index is 12.6. The van der Waals surface area contributed by atoms with Crippen LogP contribution in [0.15, 0.2) is 42.9 Å². The van der Waals surface area contributed by atoms with Crippen LogP contribution in [0.4, 0.5) is 0 Å². The zero-order valence-corrected chi connectivity index (χ0v) is 16.3. The maximum Gasteiger partial charge on any atom is 0.222 e. The lowest BCUT2D eigenvalue weighted by atomic mass is 10.2. The normalized spacial score (nSPS) is 14.9. The van der Waals surface area contributed by atoms with Gasteiger partial charge in [0, 0.05) is 44.5 Å². The molecule has 3 aromatic heterocycles. The molecular weight excluding hydrogens is 350 g/mol. The quantitative estimate of drug-likeness (QED) is 0.658. The topological polar surface area (TPSA) is 63.9 Å². The number of aromatic nitrogens is 4. The minimum absolute atomic E-state index is 0.287. The molecule has 3 aromatic rings. The van der Waals surface area contributed by atoms with E-state index in [2.05, 4.69) is 20.6 Å². The molecule has 0 radical (unpaired) electrons. The first-order valence-electron chi connectivity index (χ1n) is 10.3. The van der Waals surface area contributed by atoms with Gasteiger partial charge in [0.25, 0.3) is 0 Å². The molecule has 0 atom stereocenters. The first kappa shape index (κ1) is 18.6. The molecule has 0 saturated carbocycles. The molecule has 1 amide bonds. The van der Waals surface area contributed by atoms with Gasteiger partial charge in [-0.2, -0.15) is 0 Å². The number of carbonyl (C=O) groups is 1. The van der Waals surface area contributed by atoms with Crippen LogP contribution < -0.4 is 0 Å². The molecule has 6 nitrogen and oxygen atoms in total. The second kappa shape index (κ2) is 8.95. The Kier molecular flexibility index (Phi) is 5.95. The van der Waals surface area contributed by atoms with Crippen LogP contribution in [0.25, 0.3) is 11.2 Å². The zero-order valence-electron chi connectivity index (χ0n) is 16.3. The van der Waals surface area contributed by atoms with E-state index < -0.39 is 0 Å². The Morgan fingerprint density at radius 2 is 1.86 bits per heavy atom. The van der Waals surface area contributed by atoms with E-state index in [0.29, 0.717) is 13.0 Å². The summed E-state index contributed by atoms with van der Waals surface area (Å²) in [6.07, 6.45) is 12.4. The van der Waals surface area contributed by atoms with E-state index >= 15 is 0 Å². The van der Waals surface area contributed by atoms with Gasteiger partial charge in [0.2, 0.25) is 5.91 Å². The molecule has 4 rings (SSSR count). The molecule has 1 saturated heterocycles. The smallest absolute Gasteiger partial charge is 0.222 e. The Labute approximate surface area is 165 Å². The van der Waals surface area contributed by atoms with Crippen molar-refractivity contribution in [3.05, 3.63) is 54.2 Å². The van der Waals surface area contributed by atoms with Crippen molar-refractivity contribution >= 4 is 17.1 Å². The van der Waals surface area contributed by atoms with Crippen LogP contribution in [-0.4, -0.2) is 43.4 Å². The molecule has 0 aromatic carbocycles. The average molecular weight is 377 g/mol. The molecule has 146 valence electrons. The van der Waals surface area contributed by atoms with Gasteiger partial charge in [-0.15, -0.1) is 0 Å². The second-order valence-corrected chi connectivity index (χ2v) is 7.47. The number of rotatable bonds is 6. The fraction of sp³-hybridized carbons (Fsp3) is 0.455. The van der Waals surface area contributed by atoms with Crippen LogP contribution >= 0.6 is 0 Å². The van der Waals surface area contributed by atoms with Crippen LogP contribution in [0.3, 0.4) is 0 Å². The molecule has 1 fully saturated rings. The third kappa shape index (κ3) is 4.38. The van der Waals surface area contributed by atoms with Gasteiger partial charge in [-0.1, -0.05) is 18.9 Å². The lowest BCUT2D eigenvalue weighted by Crippen LogP contribution is -2.31. The van der Waals surface area contributed by atoms with Crippen molar-refractivity contribution in [2.24, 2.45) is 0 Å². The van der Waals surface area contributed by atoms with Crippen molar-refractivity contribution in [2.75, 3.05) is 13.1 Å². The summed E-state index contributed by atoms with van der Waals surface area (Å²) in [7, 11) is 0. The fourth-order valence-electron chi connectivity index (χ4n) is 3.91. The van der Waals surface area contributed by atoms with Gasteiger partial charge in [0.15, 0.2) is 5.65 Å². The van der Waals surface area contributed by atoms with Crippen molar-refractivity contribution in [2.45, 2.75) is 51.5 Å². The number of carbonyl (C=O) groups excluding carboxylic acids is 1. The van der Waals surface area contributed by atoms with Gasteiger partial charge in [0.05, 0.1) is 6.54 Å². The number of hydrogen-bond donors (Lipinski definition) is 0. The van der Waals surface area contributed by atoms with Crippen LogP contribution in [-0.2, 0) is 17.8 Å². The van der Waals surface area contributed by atoms with E-state index in [9.17, 15) is 4.79 Å². The summed E-state index contributed by atoms with van der Waals surface area (Å²) >= 11 is 0. The highest BCUT2D eigenvalue weighted by atomic mass is 16.2. The third-order valence-corrected chi connectivity index (χ3v) is 5.40.